The normalized spacial score (nSPS) is 19.5. The van der Waals surface area contributed by atoms with E-state index >= 15 is 0 Å². The summed E-state index contributed by atoms with van der Waals surface area (Å²) < 4.78 is 17.2. The Kier molecular flexibility index (Phi) is 5.56. The van der Waals surface area contributed by atoms with Gasteiger partial charge in [0.25, 0.3) is 5.56 Å². The van der Waals surface area contributed by atoms with Crippen LogP contribution in [0.4, 0.5) is 6.01 Å². The van der Waals surface area contributed by atoms with Gasteiger partial charge in [-0.2, -0.15) is 4.98 Å². The molecule has 0 aliphatic carbocycles. The quantitative estimate of drug-likeness (QED) is 0.756. The number of benzene rings is 1. The minimum Gasteiger partial charge on any atom is -0.491 e. The van der Waals surface area contributed by atoms with E-state index in [4.69, 9.17) is 13.9 Å². The van der Waals surface area contributed by atoms with Crippen molar-refractivity contribution in [2.75, 3.05) is 77.6 Å². The molecule has 2 saturated heterocycles. The highest BCUT2D eigenvalue weighted by molar-refractivity contribution is 5.83. The highest BCUT2D eigenvalue weighted by Crippen LogP contribution is 2.25. The summed E-state index contributed by atoms with van der Waals surface area (Å²) in [5.74, 6) is 0.538. The Morgan fingerprint density at radius 1 is 1.11 bits per heavy atom. The van der Waals surface area contributed by atoms with Gasteiger partial charge in [0.15, 0.2) is 0 Å². The van der Waals surface area contributed by atoms with Crippen molar-refractivity contribution in [1.29, 1.82) is 0 Å². The third kappa shape index (κ3) is 4.23. The lowest BCUT2D eigenvalue weighted by Gasteiger charge is -2.32. The Hall–Kier alpha value is -2.16. The average molecular weight is 374 g/mol. The molecule has 2 fully saturated rings. The summed E-state index contributed by atoms with van der Waals surface area (Å²) >= 11 is 0. The average Bonchev–Trinajstić information content (AvgIpc) is 2.70. The van der Waals surface area contributed by atoms with E-state index in [2.05, 4.69) is 21.8 Å². The number of aromatic nitrogens is 1. The van der Waals surface area contributed by atoms with E-state index in [0.29, 0.717) is 55.6 Å². The molecule has 0 radical (unpaired) electrons. The lowest BCUT2D eigenvalue weighted by molar-refractivity contribution is 0.120. The zero-order valence-electron chi connectivity index (χ0n) is 15.7. The van der Waals surface area contributed by atoms with Gasteiger partial charge in [0.05, 0.1) is 13.2 Å². The van der Waals surface area contributed by atoms with Crippen LogP contribution in [-0.2, 0) is 4.74 Å². The van der Waals surface area contributed by atoms with Crippen molar-refractivity contribution < 1.29 is 13.9 Å². The van der Waals surface area contributed by atoms with E-state index in [0.717, 1.165) is 32.7 Å². The summed E-state index contributed by atoms with van der Waals surface area (Å²) in [6.45, 7) is 8.17. The largest absolute Gasteiger partial charge is 0.491 e. The second-order valence-electron chi connectivity index (χ2n) is 7.02. The van der Waals surface area contributed by atoms with Crippen LogP contribution in [0.25, 0.3) is 11.0 Å². The third-order valence-electron chi connectivity index (χ3n) is 5.14. The van der Waals surface area contributed by atoms with Crippen molar-refractivity contribution in [1.82, 2.24) is 14.8 Å². The molecule has 146 valence electrons. The summed E-state index contributed by atoms with van der Waals surface area (Å²) in [6.07, 6.45) is 0. The van der Waals surface area contributed by atoms with Crippen molar-refractivity contribution in [2.45, 2.75) is 0 Å². The molecule has 1 aromatic heterocycles. The fourth-order valence-corrected chi connectivity index (χ4v) is 3.44. The zero-order chi connectivity index (χ0) is 18.6. The van der Waals surface area contributed by atoms with E-state index in [1.54, 1.807) is 12.1 Å². The number of likely N-dealkylation sites (N-methyl/N-ethyl adjacent to an activating group) is 1. The number of rotatable bonds is 5. The Labute approximate surface area is 158 Å². The van der Waals surface area contributed by atoms with Crippen LogP contribution in [0, 0.1) is 0 Å². The number of hydrogen-bond acceptors (Lipinski definition) is 8. The molecule has 0 atom stereocenters. The first kappa shape index (κ1) is 18.2. The van der Waals surface area contributed by atoms with E-state index in [1.807, 2.05) is 11.0 Å². The van der Waals surface area contributed by atoms with Crippen LogP contribution in [0.3, 0.4) is 0 Å². The Bertz CT molecular complexity index is 826. The molecule has 27 heavy (non-hydrogen) atoms. The van der Waals surface area contributed by atoms with Crippen LogP contribution in [0.15, 0.2) is 27.4 Å². The molecule has 2 aliphatic heterocycles. The number of anilines is 1. The van der Waals surface area contributed by atoms with Crippen molar-refractivity contribution in [2.24, 2.45) is 0 Å². The van der Waals surface area contributed by atoms with Gasteiger partial charge in [-0.15, -0.1) is 0 Å². The smallest absolute Gasteiger partial charge is 0.301 e. The van der Waals surface area contributed by atoms with Gasteiger partial charge >= 0.3 is 6.01 Å². The van der Waals surface area contributed by atoms with Crippen molar-refractivity contribution in [3.63, 3.8) is 0 Å². The molecule has 3 heterocycles. The van der Waals surface area contributed by atoms with Gasteiger partial charge in [0.2, 0.25) is 0 Å². The van der Waals surface area contributed by atoms with Gasteiger partial charge in [-0.3, -0.25) is 9.69 Å². The predicted octanol–water partition coefficient (Wildman–Crippen LogP) is 0.651. The second kappa shape index (κ2) is 8.24. The second-order valence-corrected chi connectivity index (χ2v) is 7.02. The summed E-state index contributed by atoms with van der Waals surface area (Å²) in [5, 5.41) is 0.410. The van der Waals surface area contributed by atoms with Crippen LogP contribution in [0.2, 0.25) is 0 Å². The number of morpholine rings is 1. The lowest BCUT2D eigenvalue weighted by atomic mass is 10.2. The summed E-state index contributed by atoms with van der Waals surface area (Å²) in [7, 11) is 2.14. The standard InChI is InChI=1S/C19H26N4O4/c1-21-5-7-22(8-6-21)9-14-26-15-3-2-4-16-17(15)18(24)20-19(27-16)23-10-12-25-13-11-23/h2-4H,5-14H2,1H3. The number of nitrogens with zero attached hydrogens (tertiary/aromatic N) is 4. The minimum atomic E-state index is -0.312. The molecular formula is C19H26N4O4. The van der Waals surface area contributed by atoms with E-state index in [1.165, 1.54) is 0 Å². The molecule has 0 saturated carbocycles. The highest BCUT2D eigenvalue weighted by atomic mass is 16.5. The van der Waals surface area contributed by atoms with Gasteiger partial charge in [0, 0.05) is 45.8 Å². The zero-order valence-corrected chi connectivity index (χ0v) is 15.7. The molecule has 0 bridgehead atoms. The monoisotopic (exact) mass is 374 g/mol. The molecular weight excluding hydrogens is 348 g/mol. The Morgan fingerprint density at radius 2 is 1.89 bits per heavy atom. The fourth-order valence-electron chi connectivity index (χ4n) is 3.44. The summed E-state index contributed by atoms with van der Waals surface area (Å²) in [5.41, 5.74) is 0.196. The van der Waals surface area contributed by atoms with E-state index < -0.39 is 0 Å². The van der Waals surface area contributed by atoms with Crippen LogP contribution >= 0.6 is 0 Å². The number of piperazine rings is 1. The summed E-state index contributed by atoms with van der Waals surface area (Å²) in [6, 6.07) is 5.79. The molecule has 4 rings (SSSR count). The number of hydrogen-bond donors (Lipinski definition) is 0. The van der Waals surface area contributed by atoms with Gasteiger partial charge in [-0.25, -0.2) is 0 Å². The molecule has 2 aliphatic rings. The van der Waals surface area contributed by atoms with Gasteiger partial charge in [-0.05, 0) is 19.2 Å². The maximum atomic E-state index is 12.6. The molecule has 1 aromatic carbocycles. The third-order valence-corrected chi connectivity index (χ3v) is 5.14. The first-order valence-corrected chi connectivity index (χ1v) is 9.51. The van der Waals surface area contributed by atoms with E-state index in [9.17, 15) is 4.79 Å². The number of ether oxygens (including phenoxy) is 2. The SMILES string of the molecule is CN1CCN(CCOc2cccc3oc(N4CCOCC4)nc(=O)c23)CC1. The van der Waals surface area contributed by atoms with Crippen molar-refractivity contribution in [3.05, 3.63) is 28.6 Å². The highest BCUT2D eigenvalue weighted by Gasteiger charge is 2.19. The van der Waals surface area contributed by atoms with Crippen molar-refractivity contribution >= 4 is 17.0 Å². The van der Waals surface area contributed by atoms with Crippen molar-refractivity contribution in [3.8, 4) is 5.75 Å². The maximum Gasteiger partial charge on any atom is 0.301 e. The summed E-state index contributed by atoms with van der Waals surface area (Å²) in [4.78, 5) is 23.4. The topological polar surface area (TPSA) is 71.3 Å². The molecule has 8 nitrogen and oxygen atoms in total. The van der Waals surface area contributed by atoms with Gasteiger partial charge < -0.3 is 23.7 Å². The number of fused-ring (bicyclic) bond motifs is 1. The minimum absolute atomic E-state index is 0.312. The van der Waals surface area contributed by atoms with Crippen LogP contribution in [0.1, 0.15) is 0 Å². The molecule has 0 N–H and O–H groups in total. The Morgan fingerprint density at radius 3 is 2.67 bits per heavy atom. The van der Waals surface area contributed by atoms with Gasteiger partial charge in [-0.1, -0.05) is 6.07 Å². The fraction of sp³-hybridized carbons (Fsp3) is 0.579. The first-order chi connectivity index (χ1) is 13.2. The maximum absolute atomic E-state index is 12.6. The molecule has 0 unspecified atom stereocenters. The molecule has 8 heteroatoms. The van der Waals surface area contributed by atoms with Crippen LogP contribution in [0.5, 0.6) is 5.75 Å². The first-order valence-electron chi connectivity index (χ1n) is 9.51. The predicted molar refractivity (Wildman–Crippen MR) is 103 cm³/mol. The lowest BCUT2D eigenvalue weighted by Crippen LogP contribution is -2.45. The van der Waals surface area contributed by atoms with Gasteiger partial charge in [0.1, 0.15) is 23.3 Å². The van der Waals surface area contributed by atoms with E-state index in [-0.39, 0.29) is 5.56 Å². The van der Waals surface area contributed by atoms with Crippen LogP contribution in [-0.4, -0.2) is 87.5 Å². The Balaban J connectivity index is 1.47. The molecule has 0 spiro atoms. The molecule has 0 amide bonds. The molecule has 2 aromatic rings. The van der Waals surface area contributed by atoms with Crippen LogP contribution < -0.4 is 15.2 Å².